The number of hydrogen-bond acceptors (Lipinski definition) is 2. The van der Waals surface area contributed by atoms with Crippen molar-refractivity contribution in [3.05, 3.63) is 58.1 Å². The number of anilines is 1. The fourth-order valence-electron chi connectivity index (χ4n) is 1.33. The van der Waals surface area contributed by atoms with Crippen molar-refractivity contribution in [2.75, 3.05) is 5.32 Å². The molecule has 0 unspecified atom stereocenters. The number of carbonyl (C=O) groups is 1. The lowest BCUT2D eigenvalue weighted by Gasteiger charge is -2.07. The Hall–Kier alpha value is -1.65. The Labute approximate surface area is 113 Å². The summed E-state index contributed by atoms with van der Waals surface area (Å²) < 4.78 is 12.8. The van der Waals surface area contributed by atoms with Crippen LogP contribution < -0.4 is 5.32 Å². The minimum Gasteiger partial charge on any atom is -0.321 e. The van der Waals surface area contributed by atoms with Crippen LogP contribution in [0.3, 0.4) is 0 Å². The Bertz CT molecular complexity index is 604. The standard InChI is InChI=1S/C12H7Cl2FN2O/c13-9-3-4-16-6-8(9)12(18)17-11-2-1-7(15)5-10(11)14/h1-6H,(H,17,18). The molecule has 1 N–H and O–H groups in total. The van der Waals surface area contributed by atoms with Gasteiger partial charge in [-0.15, -0.1) is 0 Å². The van der Waals surface area contributed by atoms with Crippen molar-refractivity contribution in [1.82, 2.24) is 4.98 Å². The Balaban J connectivity index is 2.24. The average molecular weight is 285 g/mol. The lowest BCUT2D eigenvalue weighted by atomic mass is 10.2. The zero-order valence-corrected chi connectivity index (χ0v) is 10.5. The largest absolute Gasteiger partial charge is 0.321 e. The zero-order valence-electron chi connectivity index (χ0n) is 8.95. The van der Waals surface area contributed by atoms with Gasteiger partial charge in [0.05, 0.1) is 21.3 Å². The van der Waals surface area contributed by atoms with Gasteiger partial charge in [-0.05, 0) is 24.3 Å². The van der Waals surface area contributed by atoms with Crippen molar-refractivity contribution in [3.63, 3.8) is 0 Å². The minimum absolute atomic E-state index is 0.114. The lowest BCUT2D eigenvalue weighted by molar-refractivity contribution is 0.102. The number of aromatic nitrogens is 1. The molecule has 0 aliphatic heterocycles. The predicted molar refractivity (Wildman–Crippen MR) is 68.6 cm³/mol. The van der Waals surface area contributed by atoms with Crippen LogP contribution in [0.5, 0.6) is 0 Å². The van der Waals surface area contributed by atoms with E-state index in [0.29, 0.717) is 5.69 Å². The summed E-state index contributed by atoms with van der Waals surface area (Å²) in [4.78, 5) is 15.7. The number of carbonyl (C=O) groups excluding carboxylic acids is 1. The van der Waals surface area contributed by atoms with Crippen LogP contribution in [0, 0.1) is 5.82 Å². The summed E-state index contributed by atoms with van der Waals surface area (Å²) in [5.74, 6) is -0.931. The Morgan fingerprint density at radius 3 is 2.67 bits per heavy atom. The summed E-state index contributed by atoms with van der Waals surface area (Å²) in [5, 5.41) is 2.93. The molecule has 0 spiro atoms. The number of nitrogens with zero attached hydrogens (tertiary/aromatic N) is 1. The molecule has 0 saturated heterocycles. The van der Waals surface area contributed by atoms with Gasteiger partial charge in [0, 0.05) is 12.4 Å². The maximum absolute atomic E-state index is 12.8. The summed E-state index contributed by atoms with van der Waals surface area (Å²) in [6.45, 7) is 0. The molecule has 0 saturated carbocycles. The van der Waals surface area contributed by atoms with Crippen molar-refractivity contribution >= 4 is 34.8 Å². The van der Waals surface area contributed by atoms with E-state index in [1.165, 1.54) is 30.6 Å². The van der Waals surface area contributed by atoms with Crippen LogP contribution in [-0.2, 0) is 0 Å². The van der Waals surface area contributed by atoms with E-state index in [2.05, 4.69) is 10.3 Å². The average Bonchev–Trinajstić information content (AvgIpc) is 2.33. The third kappa shape index (κ3) is 2.78. The van der Waals surface area contributed by atoms with E-state index in [4.69, 9.17) is 23.2 Å². The van der Waals surface area contributed by atoms with Gasteiger partial charge in [0.25, 0.3) is 5.91 Å². The summed E-state index contributed by atoms with van der Waals surface area (Å²) in [6, 6.07) is 5.19. The van der Waals surface area contributed by atoms with Crippen LogP contribution in [0.15, 0.2) is 36.7 Å². The Morgan fingerprint density at radius 1 is 1.22 bits per heavy atom. The monoisotopic (exact) mass is 284 g/mol. The van der Waals surface area contributed by atoms with Crippen molar-refractivity contribution in [2.45, 2.75) is 0 Å². The van der Waals surface area contributed by atoms with Gasteiger partial charge in [-0.1, -0.05) is 23.2 Å². The second kappa shape index (κ2) is 5.33. The number of rotatable bonds is 2. The molecular formula is C12H7Cl2FN2O. The van der Waals surface area contributed by atoms with Crippen molar-refractivity contribution in [2.24, 2.45) is 0 Å². The van der Waals surface area contributed by atoms with Crippen LogP contribution in [-0.4, -0.2) is 10.9 Å². The molecule has 0 radical (unpaired) electrons. The van der Waals surface area contributed by atoms with E-state index in [9.17, 15) is 9.18 Å². The zero-order chi connectivity index (χ0) is 13.1. The van der Waals surface area contributed by atoms with Gasteiger partial charge in [-0.3, -0.25) is 9.78 Å². The van der Waals surface area contributed by atoms with Crippen LogP contribution in [0.25, 0.3) is 0 Å². The van der Waals surface area contributed by atoms with Crippen molar-refractivity contribution in [1.29, 1.82) is 0 Å². The van der Waals surface area contributed by atoms with Crippen LogP contribution in [0.2, 0.25) is 10.0 Å². The van der Waals surface area contributed by atoms with E-state index in [0.717, 1.165) is 6.07 Å². The first-order valence-corrected chi connectivity index (χ1v) is 5.69. The summed E-state index contributed by atoms with van der Waals surface area (Å²) >= 11 is 11.7. The normalized spacial score (nSPS) is 10.2. The maximum Gasteiger partial charge on any atom is 0.258 e. The number of nitrogens with one attached hydrogen (secondary N) is 1. The van der Waals surface area contributed by atoms with Gasteiger partial charge < -0.3 is 5.32 Å². The molecule has 2 rings (SSSR count). The Morgan fingerprint density at radius 2 is 2.00 bits per heavy atom. The summed E-state index contributed by atoms with van der Waals surface area (Å²) in [6.07, 6.45) is 2.82. The van der Waals surface area contributed by atoms with Gasteiger partial charge >= 0.3 is 0 Å². The van der Waals surface area contributed by atoms with E-state index < -0.39 is 11.7 Å². The first-order chi connectivity index (χ1) is 8.58. The van der Waals surface area contributed by atoms with Gasteiger partial charge in [0.2, 0.25) is 0 Å². The van der Waals surface area contributed by atoms with E-state index >= 15 is 0 Å². The first-order valence-electron chi connectivity index (χ1n) is 4.94. The smallest absolute Gasteiger partial charge is 0.258 e. The molecule has 2 aromatic rings. The second-order valence-corrected chi connectivity index (χ2v) is 4.25. The molecule has 0 aliphatic carbocycles. The van der Waals surface area contributed by atoms with E-state index in [-0.39, 0.29) is 15.6 Å². The molecule has 0 bridgehead atoms. The number of benzene rings is 1. The lowest BCUT2D eigenvalue weighted by Crippen LogP contribution is -2.13. The molecule has 0 atom stereocenters. The SMILES string of the molecule is O=C(Nc1ccc(F)cc1Cl)c1cnccc1Cl. The topological polar surface area (TPSA) is 42.0 Å². The van der Waals surface area contributed by atoms with Crippen molar-refractivity contribution in [3.8, 4) is 0 Å². The molecule has 1 heterocycles. The van der Waals surface area contributed by atoms with Crippen LogP contribution in [0.1, 0.15) is 10.4 Å². The van der Waals surface area contributed by atoms with Crippen LogP contribution in [0.4, 0.5) is 10.1 Å². The van der Waals surface area contributed by atoms with E-state index in [1.807, 2.05) is 0 Å². The van der Waals surface area contributed by atoms with Crippen molar-refractivity contribution < 1.29 is 9.18 Å². The number of pyridine rings is 1. The molecule has 18 heavy (non-hydrogen) atoms. The highest BCUT2D eigenvalue weighted by atomic mass is 35.5. The van der Waals surface area contributed by atoms with Crippen LogP contribution >= 0.6 is 23.2 Å². The molecule has 0 aliphatic rings. The highest BCUT2D eigenvalue weighted by Crippen LogP contribution is 2.24. The third-order valence-corrected chi connectivity index (χ3v) is 2.83. The quantitative estimate of drug-likeness (QED) is 0.912. The highest BCUT2D eigenvalue weighted by Gasteiger charge is 2.12. The minimum atomic E-state index is -0.475. The highest BCUT2D eigenvalue weighted by molar-refractivity contribution is 6.35. The molecule has 6 heteroatoms. The molecular weight excluding hydrogens is 278 g/mol. The van der Waals surface area contributed by atoms with Gasteiger partial charge in [-0.25, -0.2) is 4.39 Å². The maximum atomic E-state index is 12.8. The molecule has 1 amide bonds. The van der Waals surface area contributed by atoms with Gasteiger partial charge in [0.1, 0.15) is 5.82 Å². The predicted octanol–water partition coefficient (Wildman–Crippen LogP) is 3.78. The summed E-state index contributed by atoms with van der Waals surface area (Å²) in [7, 11) is 0. The number of hydrogen-bond donors (Lipinski definition) is 1. The molecule has 1 aromatic heterocycles. The van der Waals surface area contributed by atoms with Gasteiger partial charge in [-0.2, -0.15) is 0 Å². The third-order valence-electron chi connectivity index (χ3n) is 2.19. The first kappa shape index (κ1) is 12.8. The fourth-order valence-corrected chi connectivity index (χ4v) is 1.73. The fraction of sp³-hybridized carbons (Fsp3) is 0. The molecule has 0 fully saturated rings. The second-order valence-electron chi connectivity index (χ2n) is 3.43. The number of halogens is 3. The molecule has 1 aromatic carbocycles. The molecule has 92 valence electrons. The number of amides is 1. The van der Waals surface area contributed by atoms with Gasteiger partial charge in [0.15, 0.2) is 0 Å². The Kier molecular flexibility index (Phi) is 3.79. The van der Waals surface area contributed by atoms with E-state index in [1.54, 1.807) is 0 Å². The molecule has 3 nitrogen and oxygen atoms in total. The summed E-state index contributed by atoms with van der Waals surface area (Å²) in [5.41, 5.74) is 0.530.